The number of hydrogen-bond donors (Lipinski definition) is 1. The number of benzene rings is 1. The van der Waals surface area contributed by atoms with E-state index in [0.29, 0.717) is 6.61 Å². The number of carbonyl (C=O) groups is 1. The molecule has 3 nitrogen and oxygen atoms in total. The summed E-state index contributed by atoms with van der Waals surface area (Å²) in [5.41, 5.74) is -1.32. The van der Waals surface area contributed by atoms with Crippen LogP contribution in [0.1, 0.15) is 35.7 Å². The number of nitrogens with one attached hydrogen (secondary N) is 1. The van der Waals surface area contributed by atoms with Gasteiger partial charge in [0.1, 0.15) is 0 Å². The first-order valence-electron chi connectivity index (χ1n) is 6.50. The van der Waals surface area contributed by atoms with Gasteiger partial charge < -0.3 is 10.1 Å². The zero-order valence-electron chi connectivity index (χ0n) is 11.4. The Balaban J connectivity index is 2.09. The van der Waals surface area contributed by atoms with Gasteiger partial charge in [0.2, 0.25) is 0 Å². The number of rotatable bonds is 3. The van der Waals surface area contributed by atoms with Crippen LogP contribution in [0.25, 0.3) is 0 Å². The quantitative estimate of drug-likeness (QED) is 0.885. The summed E-state index contributed by atoms with van der Waals surface area (Å²) in [6.07, 6.45) is -2.76. The maximum atomic E-state index is 12.8. The van der Waals surface area contributed by atoms with E-state index in [1.54, 1.807) is 0 Å². The SMILES string of the molecule is CC1(CNC(=O)c2ccc(Br)c(C(F)(F)F)c2)CCCO1. The van der Waals surface area contributed by atoms with E-state index in [9.17, 15) is 18.0 Å². The third-order valence-corrected chi connectivity index (χ3v) is 4.15. The van der Waals surface area contributed by atoms with Crippen molar-refractivity contribution in [2.24, 2.45) is 0 Å². The molecule has 1 unspecified atom stereocenters. The van der Waals surface area contributed by atoms with Gasteiger partial charge in [0.15, 0.2) is 0 Å². The van der Waals surface area contributed by atoms with Gasteiger partial charge in [-0.2, -0.15) is 13.2 Å². The third kappa shape index (κ3) is 3.97. The van der Waals surface area contributed by atoms with Crippen LogP contribution in [-0.4, -0.2) is 24.7 Å². The number of hydrogen-bond acceptors (Lipinski definition) is 2. The average molecular weight is 366 g/mol. The average Bonchev–Trinajstić information content (AvgIpc) is 2.83. The van der Waals surface area contributed by atoms with E-state index in [1.807, 2.05) is 6.92 Å². The van der Waals surface area contributed by atoms with Crippen LogP contribution in [0.2, 0.25) is 0 Å². The summed E-state index contributed by atoms with van der Waals surface area (Å²) in [7, 11) is 0. The van der Waals surface area contributed by atoms with Gasteiger partial charge >= 0.3 is 6.18 Å². The number of ether oxygens (including phenoxy) is 1. The van der Waals surface area contributed by atoms with Crippen molar-refractivity contribution >= 4 is 21.8 Å². The Morgan fingerprint density at radius 3 is 2.76 bits per heavy atom. The molecule has 1 aromatic carbocycles. The lowest BCUT2D eigenvalue weighted by Crippen LogP contribution is -2.40. The van der Waals surface area contributed by atoms with E-state index in [2.05, 4.69) is 21.2 Å². The molecular formula is C14H15BrF3NO2. The van der Waals surface area contributed by atoms with Crippen LogP contribution in [0.15, 0.2) is 22.7 Å². The molecule has 1 atom stereocenters. The van der Waals surface area contributed by atoms with Crippen LogP contribution in [0.3, 0.4) is 0 Å². The number of amides is 1. The fourth-order valence-corrected chi connectivity index (χ4v) is 2.70. The van der Waals surface area contributed by atoms with Gasteiger partial charge in [-0.15, -0.1) is 0 Å². The molecule has 0 bridgehead atoms. The van der Waals surface area contributed by atoms with Gasteiger partial charge in [0, 0.05) is 23.2 Å². The highest BCUT2D eigenvalue weighted by Crippen LogP contribution is 2.35. The molecular weight excluding hydrogens is 351 g/mol. The van der Waals surface area contributed by atoms with Crippen molar-refractivity contribution in [3.05, 3.63) is 33.8 Å². The molecule has 1 aliphatic heterocycles. The molecule has 0 aliphatic carbocycles. The fourth-order valence-electron chi connectivity index (χ4n) is 2.23. The predicted octanol–water partition coefficient (Wildman–Crippen LogP) is 3.77. The van der Waals surface area contributed by atoms with Crippen molar-refractivity contribution in [1.82, 2.24) is 5.32 Å². The largest absolute Gasteiger partial charge is 0.417 e. The van der Waals surface area contributed by atoms with Crippen LogP contribution < -0.4 is 5.32 Å². The Bertz CT molecular complexity index is 540. The highest BCUT2D eigenvalue weighted by molar-refractivity contribution is 9.10. The highest BCUT2D eigenvalue weighted by Gasteiger charge is 2.34. The smallest absolute Gasteiger partial charge is 0.373 e. The number of alkyl halides is 3. The summed E-state index contributed by atoms with van der Waals surface area (Å²) in [5.74, 6) is -0.537. The molecule has 7 heteroatoms. The zero-order chi connectivity index (χ0) is 15.7. The van der Waals surface area contributed by atoms with E-state index < -0.39 is 23.2 Å². The first-order chi connectivity index (χ1) is 9.71. The number of halogens is 4. The standard InChI is InChI=1S/C14H15BrF3NO2/c1-13(5-2-6-21-13)8-19-12(20)9-3-4-11(15)10(7-9)14(16,17)18/h3-4,7H,2,5-6,8H2,1H3,(H,19,20). The Kier molecular flexibility index (Phi) is 4.63. The van der Waals surface area contributed by atoms with Crippen LogP contribution in [-0.2, 0) is 10.9 Å². The third-order valence-electron chi connectivity index (χ3n) is 3.46. The molecule has 21 heavy (non-hydrogen) atoms. The van der Waals surface area contributed by atoms with E-state index in [4.69, 9.17) is 4.74 Å². The van der Waals surface area contributed by atoms with Crippen LogP contribution in [0.4, 0.5) is 13.2 Å². The van der Waals surface area contributed by atoms with Gasteiger partial charge in [0.25, 0.3) is 5.91 Å². The van der Waals surface area contributed by atoms with Gasteiger partial charge in [0.05, 0.1) is 11.2 Å². The van der Waals surface area contributed by atoms with Crippen molar-refractivity contribution in [3.8, 4) is 0 Å². The molecule has 1 aromatic rings. The molecule has 1 N–H and O–H groups in total. The maximum Gasteiger partial charge on any atom is 0.417 e. The molecule has 0 spiro atoms. The molecule has 1 aliphatic rings. The summed E-state index contributed by atoms with van der Waals surface area (Å²) in [4.78, 5) is 12.0. The van der Waals surface area contributed by atoms with E-state index in [1.165, 1.54) is 12.1 Å². The first kappa shape index (κ1) is 16.3. The normalized spacial score (nSPS) is 22.3. The Hall–Kier alpha value is -1.08. The molecule has 1 saturated heterocycles. The van der Waals surface area contributed by atoms with Crippen LogP contribution in [0.5, 0.6) is 0 Å². The van der Waals surface area contributed by atoms with Crippen molar-refractivity contribution in [2.45, 2.75) is 31.5 Å². The van der Waals surface area contributed by atoms with Crippen molar-refractivity contribution in [1.29, 1.82) is 0 Å². The minimum Gasteiger partial charge on any atom is -0.373 e. The molecule has 1 fully saturated rings. The minimum absolute atomic E-state index is 0.0212. The lowest BCUT2D eigenvalue weighted by atomic mass is 10.0. The van der Waals surface area contributed by atoms with Gasteiger partial charge in [-0.05, 0) is 38.0 Å². The van der Waals surface area contributed by atoms with Crippen molar-refractivity contribution < 1.29 is 22.7 Å². The van der Waals surface area contributed by atoms with E-state index in [-0.39, 0.29) is 16.6 Å². The molecule has 0 saturated carbocycles. The van der Waals surface area contributed by atoms with Gasteiger partial charge in [-0.1, -0.05) is 15.9 Å². The van der Waals surface area contributed by atoms with Crippen molar-refractivity contribution in [3.63, 3.8) is 0 Å². The molecule has 116 valence electrons. The molecule has 1 heterocycles. The summed E-state index contributed by atoms with van der Waals surface area (Å²) in [6.45, 7) is 2.80. The monoisotopic (exact) mass is 365 g/mol. The van der Waals surface area contributed by atoms with E-state index >= 15 is 0 Å². The topological polar surface area (TPSA) is 38.3 Å². The summed E-state index contributed by atoms with van der Waals surface area (Å²) >= 11 is 2.85. The second kappa shape index (κ2) is 5.96. The van der Waals surface area contributed by atoms with E-state index in [0.717, 1.165) is 18.9 Å². The number of carbonyl (C=O) groups excluding carboxylic acids is 1. The Labute approximate surface area is 129 Å². The second-order valence-corrected chi connectivity index (χ2v) is 6.13. The lowest BCUT2D eigenvalue weighted by molar-refractivity contribution is -0.138. The second-order valence-electron chi connectivity index (χ2n) is 5.28. The molecule has 1 amide bonds. The highest BCUT2D eigenvalue weighted by atomic mass is 79.9. The first-order valence-corrected chi connectivity index (χ1v) is 7.29. The molecule has 0 radical (unpaired) electrons. The minimum atomic E-state index is -4.50. The van der Waals surface area contributed by atoms with Crippen LogP contribution >= 0.6 is 15.9 Å². The molecule has 2 rings (SSSR count). The predicted molar refractivity (Wildman–Crippen MR) is 75.1 cm³/mol. The zero-order valence-corrected chi connectivity index (χ0v) is 13.0. The Morgan fingerprint density at radius 2 is 2.19 bits per heavy atom. The lowest BCUT2D eigenvalue weighted by Gasteiger charge is -2.23. The van der Waals surface area contributed by atoms with Crippen molar-refractivity contribution in [2.75, 3.05) is 13.2 Å². The molecule has 0 aromatic heterocycles. The Morgan fingerprint density at radius 1 is 1.48 bits per heavy atom. The van der Waals surface area contributed by atoms with Gasteiger partial charge in [-0.25, -0.2) is 0 Å². The summed E-state index contributed by atoms with van der Waals surface area (Å²) < 4.78 is 43.8. The van der Waals surface area contributed by atoms with Crippen LogP contribution in [0, 0.1) is 0 Å². The van der Waals surface area contributed by atoms with Gasteiger partial charge in [-0.3, -0.25) is 4.79 Å². The fraction of sp³-hybridized carbons (Fsp3) is 0.500. The summed E-state index contributed by atoms with van der Waals surface area (Å²) in [6, 6.07) is 3.43. The maximum absolute atomic E-state index is 12.8. The summed E-state index contributed by atoms with van der Waals surface area (Å²) in [5, 5.41) is 2.63.